The van der Waals surface area contributed by atoms with Crippen molar-refractivity contribution in [1.82, 2.24) is 20.2 Å². The summed E-state index contributed by atoms with van der Waals surface area (Å²) in [5.41, 5.74) is 1.38. The van der Waals surface area contributed by atoms with Crippen LogP contribution in [0.5, 0.6) is 0 Å². The van der Waals surface area contributed by atoms with Gasteiger partial charge in [0, 0.05) is 37.5 Å². The van der Waals surface area contributed by atoms with Crippen LogP contribution in [0.1, 0.15) is 27.8 Å². The number of nitrogens with zero attached hydrogens (tertiary/aromatic N) is 1. The Balaban J connectivity index is 1.61. The molecule has 1 aliphatic heterocycles. The summed E-state index contributed by atoms with van der Waals surface area (Å²) in [6, 6.07) is 4.24. The number of carbonyl (C=O) groups is 1. The van der Waals surface area contributed by atoms with Gasteiger partial charge in [0.05, 0.1) is 21.6 Å². The first-order chi connectivity index (χ1) is 14.3. The molecule has 0 unspecified atom stereocenters. The first-order valence-corrected chi connectivity index (χ1v) is 9.95. The lowest BCUT2D eigenvalue weighted by Gasteiger charge is -2.34. The molecule has 3 N–H and O–H groups in total. The summed E-state index contributed by atoms with van der Waals surface area (Å²) in [5, 5.41) is 3.08. The van der Waals surface area contributed by atoms with Crippen LogP contribution in [-0.2, 0) is 6.54 Å². The van der Waals surface area contributed by atoms with Gasteiger partial charge in [-0.3, -0.25) is 9.59 Å². The quantitative estimate of drug-likeness (QED) is 0.454. The highest BCUT2D eigenvalue weighted by Crippen LogP contribution is 2.33. The fourth-order valence-electron chi connectivity index (χ4n) is 4.02. The average molecular weight is 432 g/mol. The van der Waals surface area contributed by atoms with Crippen LogP contribution in [0.2, 0.25) is 0 Å². The number of nitrogens with one attached hydrogen (secondary N) is 3. The second-order valence-electron chi connectivity index (χ2n) is 7.23. The van der Waals surface area contributed by atoms with Crippen molar-refractivity contribution in [3.8, 4) is 0 Å². The van der Waals surface area contributed by atoms with Gasteiger partial charge in [-0.2, -0.15) is 4.39 Å². The first-order valence-electron chi connectivity index (χ1n) is 9.13. The lowest BCUT2D eigenvalue weighted by Crippen LogP contribution is -2.42. The number of hydrogen-bond acceptors (Lipinski definition) is 4. The molecule has 4 heterocycles. The first kappa shape index (κ1) is 18.9. The van der Waals surface area contributed by atoms with Crippen LogP contribution in [0.25, 0.3) is 21.0 Å². The number of rotatable bonds is 2. The minimum Gasteiger partial charge on any atom is -0.350 e. The molecule has 0 aliphatic carbocycles. The zero-order valence-corrected chi connectivity index (χ0v) is 16.4. The number of aromatic nitrogens is 2. The summed E-state index contributed by atoms with van der Waals surface area (Å²) in [5.74, 6) is -2.52. The Hall–Kier alpha value is -3.11. The predicted octanol–water partition coefficient (Wildman–Crippen LogP) is 3.40. The van der Waals surface area contributed by atoms with E-state index in [1.54, 1.807) is 13.1 Å². The minimum atomic E-state index is -1.11. The monoisotopic (exact) mass is 432 g/mol. The van der Waals surface area contributed by atoms with Crippen LogP contribution in [0.15, 0.2) is 29.1 Å². The van der Waals surface area contributed by atoms with Crippen molar-refractivity contribution in [2.75, 3.05) is 13.6 Å². The van der Waals surface area contributed by atoms with Crippen molar-refractivity contribution < 1.29 is 18.0 Å². The molecule has 0 bridgehead atoms. The highest BCUT2D eigenvalue weighted by molar-refractivity contribution is 7.17. The number of benzene rings is 1. The summed E-state index contributed by atoms with van der Waals surface area (Å²) in [4.78, 5) is 32.6. The van der Waals surface area contributed by atoms with Gasteiger partial charge in [0.25, 0.3) is 11.5 Å². The molecule has 0 radical (unpaired) electrons. The molecule has 10 heteroatoms. The Kier molecular flexibility index (Phi) is 4.23. The van der Waals surface area contributed by atoms with Gasteiger partial charge in [0.1, 0.15) is 5.69 Å². The topological polar surface area (TPSA) is 81.0 Å². The summed E-state index contributed by atoms with van der Waals surface area (Å²) in [6.45, 7) is 0.689. The van der Waals surface area contributed by atoms with Crippen LogP contribution >= 0.6 is 11.3 Å². The number of amides is 1. The molecular formula is C20H15F3N4O2S. The normalized spacial score (nSPS) is 16.2. The molecule has 154 valence electrons. The fraction of sp³-hybridized carbons (Fsp3) is 0.200. The number of pyridine rings is 1. The molecule has 1 aliphatic rings. The number of H-pyrrole nitrogens is 2. The van der Waals surface area contributed by atoms with Crippen LogP contribution in [0, 0.1) is 16.8 Å². The highest BCUT2D eigenvalue weighted by atomic mass is 32.1. The molecule has 1 atom stereocenters. The van der Waals surface area contributed by atoms with E-state index in [0.717, 1.165) is 23.5 Å². The smallest absolute Gasteiger partial charge is 0.270 e. The molecule has 5 rings (SSSR count). The Morgan fingerprint density at radius 2 is 1.83 bits per heavy atom. The third-order valence-corrected chi connectivity index (χ3v) is 6.32. The zero-order chi connectivity index (χ0) is 21.2. The Morgan fingerprint density at radius 3 is 2.57 bits per heavy atom. The molecule has 6 nitrogen and oxygen atoms in total. The number of aromatic amines is 2. The number of hydrogen-bond donors (Lipinski definition) is 3. The van der Waals surface area contributed by atoms with E-state index in [-0.39, 0.29) is 27.5 Å². The summed E-state index contributed by atoms with van der Waals surface area (Å²) < 4.78 is 41.7. The molecule has 1 aromatic carbocycles. The van der Waals surface area contributed by atoms with E-state index in [4.69, 9.17) is 0 Å². The molecule has 4 aromatic rings. The summed E-state index contributed by atoms with van der Waals surface area (Å²) in [6.07, 6.45) is 0. The summed E-state index contributed by atoms with van der Waals surface area (Å²) >= 11 is 0.935. The van der Waals surface area contributed by atoms with Crippen molar-refractivity contribution in [3.63, 3.8) is 0 Å². The lowest BCUT2D eigenvalue weighted by molar-refractivity contribution is 0.0718. The van der Waals surface area contributed by atoms with Crippen molar-refractivity contribution in [2.24, 2.45) is 0 Å². The number of likely N-dealkylation sites (N-methyl/N-ethyl adjacent to an activating group) is 1. The van der Waals surface area contributed by atoms with Gasteiger partial charge in [-0.1, -0.05) is 0 Å². The molecule has 3 aromatic heterocycles. The Morgan fingerprint density at radius 1 is 1.10 bits per heavy atom. The van der Waals surface area contributed by atoms with E-state index in [0.29, 0.717) is 34.6 Å². The Labute approximate surface area is 171 Å². The lowest BCUT2D eigenvalue weighted by atomic mass is 9.93. The molecule has 0 saturated carbocycles. The van der Waals surface area contributed by atoms with Gasteiger partial charge < -0.3 is 20.2 Å². The van der Waals surface area contributed by atoms with E-state index in [1.165, 1.54) is 11.0 Å². The van der Waals surface area contributed by atoms with Crippen LogP contribution in [-0.4, -0.2) is 34.4 Å². The van der Waals surface area contributed by atoms with E-state index >= 15 is 0 Å². The van der Waals surface area contributed by atoms with Crippen LogP contribution < -0.4 is 10.9 Å². The molecule has 0 saturated heterocycles. The highest BCUT2D eigenvalue weighted by Gasteiger charge is 2.31. The van der Waals surface area contributed by atoms with Crippen LogP contribution in [0.3, 0.4) is 0 Å². The van der Waals surface area contributed by atoms with E-state index in [9.17, 15) is 22.8 Å². The second kappa shape index (κ2) is 6.71. The predicted molar refractivity (Wildman–Crippen MR) is 107 cm³/mol. The van der Waals surface area contributed by atoms with Crippen molar-refractivity contribution in [2.45, 2.75) is 12.6 Å². The standard InChI is InChI=1S/C20H15F3N4O2S/c1-27(20(29)13-4-16-12(25-13)5-17(23)30-16)15-7-24-6-14-18(15)8-2-10(21)11(22)3-9(8)19(28)26-14/h2-5,15,24-25H,6-7H2,1H3,(H,26,28)/t15-/m0/s1. The van der Waals surface area contributed by atoms with Crippen molar-refractivity contribution in [3.05, 3.63) is 68.3 Å². The van der Waals surface area contributed by atoms with Gasteiger partial charge in [0.2, 0.25) is 0 Å². The number of thiophene rings is 1. The van der Waals surface area contributed by atoms with Gasteiger partial charge in [0.15, 0.2) is 16.8 Å². The number of carbonyl (C=O) groups excluding carboxylic acids is 1. The molecule has 0 fully saturated rings. The maximum absolute atomic E-state index is 14.0. The number of halogens is 3. The third-order valence-electron chi connectivity index (χ3n) is 5.45. The molecule has 0 spiro atoms. The average Bonchev–Trinajstić information content (AvgIpc) is 3.25. The third kappa shape index (κ3) is 2.83. The fourth-order valence-corrected chi connectivity index (χ4v) is 4.80. The van der Waals surface area contributed by atoms with Crippen molar-refractivity contribution >= 4 is 38.2 Å². The SMILES string of the molecule is CN(C(=O)c1cc2sc(F)cc2[nH]1)[C@H]1CNCc2[nH]c(=O)c3cc(F)c(F)cc3c21. The van der Waals surface area contributed by atoms with Crippen LogP contribution in [0.4, 0.5) is 13.2 Å². The molecule has 1 amide bonds. The van der Waals surface area contributed by atoms with E-state index < -0.39 is 23.2 Å². The second-order valence-corrected chi connectivity index (χ2v) is 8.27. The summed E-state index contributed by atoms with van der Waals surface area (Å²) in [7, 11) is 1.59. The van der Waals surface area contributed by atoms with Crippen molar-refractivity contribution in [1.29, 1.82) is 0 Å². The van der Waals surface area contributed by atoms with Gasteiger partial charge in [-0.05, 0) is 23.6 Å². The molecule has 30 heavy (non-hydrogen) atoms. The minimum absolute atomic E-state index is 0.0243. The largest absolute Gasteiger partial charge is 0.350 e. The Bertz CT molecular complexity index is 1360. The zero-order valence-electron chi connectivity index (χ0n) is 15.6. The van der Waals surface area contributed by atoms with E-state index in [2.05, 4.69) is 15.3 Å². The van der Waals surface area contributed by atoms with Gasteiger partial charge >= 0.3 is 0 Å². The number of fused-ring (bicyclic) bond motifs is 4. The molecular weight excluding hydrogens is 417 g/mol. The van der Waals surface area contributed by atoms with Gasteiger partial charge in [-0.15, -0.1) is 11.3 Å². The maximum Gasteiger partial charge on any atom is 0.270 e. The van der Waals surface area contributed by atoms with E-state index in [1.807, 2.05) is 0 Å². The van der Waals surface area contributed by atoms with Gasteiger partial charge in [-0.25, -0.2) is 8.78 Å². The maximum atomic E-state index is 14.0.